The number of thioether (sulfide) groups is 1. The van der Waals surface area contributed by atoms with E-state index in [4.69, 9.17) is 0 Å². The molecule has 0 amide bonds. The number of rotatable bonds is 6. The molecular formula is C21H29N5S. The van der Waals surface area contributed by atoms with E-state index in [1.165, 1.54) is 4.90 Å². The lowest BCUT2D eigenvalue weighted by Gasteiger charge is -2.33. The summed E-state index contributed by atoms with van der Waals surface area (Å²) in [7, 11) is 1.84. The fourth-order valence-corrected chi connectivity index (χ4v) is 4.14. The van der Waals surface area contributed by atoms with E-state index in [1.807, 2.05) is 37.1 Å². The molecule has 27 heavy (non-hydrogen) atoms. The van der Waals surface area contributed by atoms with Gasteiger partial charge < -0.3 is 15.5 Å². The summed E-state index contributed by atoms with van der Waals surface area (Å²) in [5, 5.41) is 7.52. The van der Waals surface area contributed by atoms with Crippen LogP contribution in [-0.4, -0.2) is 48.9 Å². The number of piperidine rings is 1. The molecule has 5 nitrogen and oxygen atoms in total. The molecule has 1 aliphatic rings. The molecule has 6 heteroatoms. The normalized spacial score (nSPS) is 16.8. The van der Waals surface area contributed by atoms with Gasteiger partial charge in [-0.15, -0.1) is 11.8 Å². The van der Waals surface area contributed by atoms with Crippen molar-refractivity contribution < 1.29 is 0 Å². The molecular weight excluding hydrogens is 354 g/mol. The van der Waals surface area contributed by atoms with Gasteiger partial charge in [0.25, 0.3) is 0 Å². The van der Waals surface area contributed by atoms with Gasteiger partial charge in [0.1, 0.15) is 5.82 Å². The second kappa shape index (κ2) is 10.2. The van der Waals surface area contributed by atoms with Gasteiger partial charge in [0, 0.05) is 49.1 Å². The van der Waals surface area contributed by atoms with Crippen LogP contribution in [0, 0.1) is 0 Å². The molecule has 2 heterocycles. The molecule has 0 saturated carbocycles. The quantitative estimate of drug-likeness (QED) is 0.455. The Labute approximate surface area is 166 Å². The molecule has 2 N–H and O–H groups in total. The van der Waals surface area contributed by atoms with Gasteiger partial charge in [-0.2, -0.15) is 0 Å². The van der Waals surface area contributed by atoms with E-state index >= 15 is 0 Å². The fraction of sp³-hybridized carbons (Fsp3) is 0.429. The van der Waals surface area contributed by atoms with Crippen LogP contribution in [0.15, 0.2) is 64.6 Å². The third kappa shape index (κ3) is 6.17. The summed E-state index contributed by atoms with van der Waals surface area (Å²) in [5.41, 5.74) is 0. The Hall–Kier alpha value is -2.21. The Balaban J connectivity index is 1.40. The van der Waals surface area contributed by atoms with Crippen molar-refractivity contribution in [3.8, 4) is 0 Å². The number of anilines is 1. The average Bonchev–Trinajstić information content (AvgIpc) is 2.73. The molecule has 1 saturated heterocycles. The van der Waals surface area contributed by atoms with Gasteiger partial charge in [-0.3, -0.25) is 4.99 Å². The number of aromatic nitrogens is 1. The minimum atomic E-state index is 0.452. The van der Waals surface area contributed by atoms with E-state index in [0.717, 1.165) is 44.3 Å². The maximum Gasteiger partial charge on any atom is 0.191 e. The number of hydrogen-bond acceptors (Lipinski definition) is 4. The SMILES string of the molecule is CN=C(NCC(C)Sc1ccccc1)NC1CCN(c2ccccn2)CC1. The summed E-state index contributed by atoms with van der Waals surface area (Å²) < 4.78 is 0. The molecule has 0 radical (unpaired) electrons. The highest BCUT2D eigenvalue weighted by Gasteiger charge is 2.20. The first-order chi connectivity index (χ1) is 13.2. The number of pyridine rings is 1. The first-order valence-corrected chi connectivity index (χ1v) is 10.5. The number of aliphatic imine (C=N–C) groups is 1. The monoisotopic (exact) mass is 383 g/mol. The van der Waals surface area contributed by atoms with Crippen molar-refractivity contribution in [2.75, 3.05) is 31.6 Å². The Morgan fingerprint density at radius 3 is 2.59 bits per heavy atom. The van der Waals surface area contributed by atoms with Crippen LogP contribution in [0.25, 0.3) is 0 Å². The average molecular weight is 384 g/mol. The number of hydrogen-bond donors (Lipinski definition) is 2. The Kier molecular flexibility index (Phi) is 7.39. The molecule has 1 unspecified atom stereocenters. The lowest BCUT2D eigenvalue weighted by Crippen LogP contribution is -2.49. The number of nitrogens with one attached hydrogen (secondary N) is 2. The molecule has 1 fully saturated rings. The van der Waals surface area contributed by atoms with Gasteiger partial charge in [-0.25, -0.2) is 4.98 Å². The predicted molar refractivity (Wildman–Crippen MR) is 116 cm³/mol. The molecule has 0 bridgehead atoms. The highest BCUT2D eigenvalue weighted by Crippen LogP contribution is 2.22. The van der Waals surface area contributed by atoms with E-state index < -0.39 is 0 Å². The molecule has 144 valence electrons. The molecule has 1 aromatic heterocycles. The molecule has 0 spiro atoms. The predicted octanol–water partition coefficient (Wildman–Crippen LogP) is 3.40. The maximum absolute atomic E-state index is 4.45. The van der Waals surface area contributed by atoms with Gasteiger partial charge in [-0.05, 0) is 37.1 Å². The van der Waals surface area contributed by atoms with Gasteiger partial charge >= 0.3 is 0 Å². The summed E-state index contributed by atoms with van der Waals surface area (Å²) in [4.78, 5) is 12.5. The van der Waals surface area contributed by atoms with E-state index in [1.54, 1.807) is 0 Å². The van der Waals surface area contributed by atoms with Crippen molar-refractivity contribution in [3.63, 3.8) is 0 Å². The largest absolute Gasteiger partial charge is 0.356 e. The van der Waals surface area contributed by atoms with Crippen molar-refractivity contribution in [1.29, 1.82) is 0 Å². The van der Waals surface area contributed by atoms with E-state index in [-0.39, 0.29) is 0 Å². The molecule has 3 rings (SSSR count). The zero-order chi connectivity index (χ0) is 18.9. The van der Waals surface area contributed by atoms with Crippen LogP contribution >= 0.6 is 11.8 Å². The molecule has 2 aromatic rings. The third-order valence-electron chi connectivity index (χ3n) is 4.67. The highest BCUT2D eigenvalue weighted by atomic mass is 32.2. The minimum absolute atomic E-state index is 0.452. The van der Waals surface area contributed by atoms with Crippen molar-refractivity contribution in [3.05, 3.63) is 54.7 Å². The Bertz CT molecular complexity index is 699. The summed E-state index contributed by atoms with van der Waals surface area (Å²) in [6.45, 7) is 5.16. The summed E-state index contributed by atoms with van der Waals surface area (Å²) in [6, 6.07) is 17.1. The molecule has 1 atom stereocenters. The fourth-order valence-electron chi connectivity index (χ4n) is 3.20. The number of guanidine groups is 1. The topological polar surface area (TPSA) is 52.6 Å². The second-order valence-corrected chi connectivity index (χ2v) is 8.30. The minimum Gasteiger partial charge on any atom is -0.356 e. The summed E-state index contributed by atoms with van der Waals surface area (Å²) in [6.07, 6.45) is 4.04. The second-order valence-electron chi connectivity index (χ2n) is 6.79. The van der Waals surface area contributed by atoms with Crippen LogP contribution in [0.1, 0.15) is 19.8 Å². The van der Waals surface area contributed by atoms with Crippen LogP contribution in [0.2, 0.25) is 0 Å². The lowest BCUT2D eigenvalue weighted by atomic mass is 10.1. The summed E-state index contributed by atoms with van der Waals surface area (Å²) in [5.74, 6) is 1.97. The van der Waals surface area contributed by atoms with Gasteiger partial charge in [0.15, 0.2) is 5.96 Å². The van der Waals surface area contributed by atoms with Crippen LogP contribution in [0.3, 0.4) is 0 Å². The number of nitrogens with zero attached hydrogens (tertiary/aromatic N) is 3. The molecule has 1 aliphatic heterocycles. The van der Waals surface area contributed by atoms with Crippen LogP contribution in [-0.2, 0) is 0 Å². The van der Waals surface area contributed by atoms with Gasteiger partial charge in [-0.1, -0.05) is 31.2 Å². The highest BCUT2D eigenvalue weighted by molar-refractivity contribution is 8.00. The molecule has 0 aliphatic carbocycles. The van der Waals surface area contributed by atoms with E-state index in [9.17, 15) is 0 Å². The zero-order valence-corrected chi connectivity index (χ0v) is 17.0. The van der Waals surface area contributed by atoms with E-state index in [2.05, 4.69) is 68.8 Å². The first kappa shape index (κ1) is 19.5. The van der Waals surface area contributed by atoms with Gasteiger partial charge in [0.2, 0.25) is 0 Å². The van der Waals surface area contributed by atoms with Crippen molar-refractivity contribution >= 4 is 23.5 Å². The zero-order valence-electron chi connectivity index (χ0n) is 16.1. The van der Waals surface area contributed by atoms with Crippen LogP contribution < -0.4 is 15.5 Å². The smallest absolute Gasteiger partial charge is 0.191 e. The Morgan fingerprint density at radius 2 is 1.93 bits per heavy atom. The lowest BCUT2D eigenvalue weighted by molar-refractivity contribution is 0.459. The first-order valence-electron chi connectivity index (χ1n) is 9.59. The van der Waals surface area contributed by atoms with E-state index in [0.29, 0.717) is 11.3 Å². The van der Waals surface area contributed by atoms with Crippen molar-refractivity contribution in [1.82, 2.24) is 15.6 Å². The summed E-state index contributed by atoms with van der Waals surface area (Å²) >= 11 is 1.88. The molecule has 1 aromatic carbocycles. The standard InChI is InChI=1S/C21H29N5S/c1-17(27-19-8-4-3-5-9-19)16-24-21(22-2)25-18-11-14-26(15-12-18)20-10-6-7-13-23-20/h3-10,13,17-18H,11-12,14-16H2,1-2H3,(H2,22,24,25). The van der Waals surface area contributed by atoms with Crippen molar-refractivity contribution in [2.24, 2.45) is 4.99 Å². The maximum atomic E-state index is 4.45. The van der Waals surface area contributed by atoms with Gasteiger partial charge in [0.05, 0.1) is 0 Å². The van der Waals surface area contributed by atoms with Crippen molar-refractivity contribution in [2.45, 2.75) is 36.0 Å². The third-order valence-corrected chi connectivity index (χ3v) is 5.78. The number of benzene rings is 1. The Morgan fingerprint density at radius 1 is 1.19 bits per heavy atom. The van der Waals surface area contributed by atoms with Crippen LogP contribution in [0.4, 0.5) is 5.82 Å². The van der Waals surface area contributed by atoms with Crippen LogP contribution in [0.5, 0.6) is 0 Å².